The van der Waals surface area contributed by atoms with E-state index in [1.165, 1.54) is 12.1 Å². The first kappa shape index (κ1) is 18.3. The molecule has 0 saturated carbocycles. The number of carboxylic acids is 1. The number of nitrogens with zero attached hydrogens (tertiary/aromatic N) is 2. The van der Waals surface area contributed by atoms with E-state index < -0.39 is 5.97 Å². The Labute approximate surface area is 149 Å². The molecule has 3 aromatic rings. The summed E-state index contributed by atoms with van der Waals surface area (Å²) in [5.41, 5.74) is 1.78. The standard InChI is InChI=1S/C15H13FN4S.C2H4O2/c16-11-6-8-12(9-7-11)17-10-14-18-19-15(21)20(14)13-4-2-1-3-5-13;1-2(3)4/h1-9,17H,10H2,(H,19,21);1H3,(H,3,4). The Hall–Kier alpha value is -3.00. The van der Waals surface area contributed by atoms with Gasteiger partial charge >= 0.3 is 0 Å². The van der Waals surface area contributed by atoms with Gasteiger partial charge in [-0.1, -0.05) is 18.2 Å². The van der Waals surface area contributed by atoms with Gasteiger partial charge in [0, 0.05) is 18.3 Å². The van der Waals surface area contributed by atoms with Crippen LogP contribution in [0.3, 0.4) is 0 Å². The fraction of sp³-hybridized carbons (Fsp3) is 0.118. The molecule has 0 radical (unpaired) electrons. The van der Waals surface area contributed by atoms with Crippen molar-refractivity contribution in [2.45, 2.75) is 13.5 Å². The van der Waals surface area contributed by atoms with E-state index in [0.717, 1.165) is 24.1 Å². The summed E-state index contributed by atoms with van der Waals surface area (Å²) >= 11 is 5.27. The molecule has 0 aliphatic rings. The summed E-state index contributed by atoms with van der Waals surface area (Å²) in [7, 11) is 0. The fourth-order valence-electron chi connectivity index (χ4n) is 2.04. The first-order chi connectivity index (χ1) is 12.0. The third kappa shape index (κ3) is 5.54. The summed E-state index contributed by atoms with van der Waals surface area (Å²) in [6.45, 7) is 1.56. The van der Waals surface area contributed by atoms with Gasteiger partial charge in [0.25, 0.3) is 5.97 Å². The number of carbonyl (C=O) groups is 1. The molecule has 1 aromatic heterocycles. The molecule has 3 rings (SSSR count). The number of para-hydroxylation sites is 1. The predicted molar refractivity (Wildman–Crippen MR) is 95.8 cm³/mol. The van der Waals surface area contributed by atoms with E-state index in [0.29, 0.717) is 11.3 Å². The number of aromatic nitrogens is 3. The van der Waals surface area contributed by atoms with E-state index in [9.17, 15) is 4.39 Å². The third-order valence-electron chi connectivity index (χ3n) is 3.05. The number of H-pyrrole nitrogens is 1. The molecule has 0 saturated heterocycles. The van der Waals surface area contributed by atoms with Crippen LogP contribution < -0.4 is 5.32 Å². The van der Waals surface area contributed by atoms with E-state index >= 15 is 0 Å². The minimum atomic E-state index is -0.833. The number of anilines is 1. The van der Waals surface area contributed by atoms with Crippen LogP contribution in [0.2, 0.25) is 0 Å². The maximum absolute atomic E-state index is 12.9. The van der Waals surface area contributed by atoms with Gasteiger partial charge in [-0.05, 0) is 48.6 Å². The number of aromatic amines is 1. The second-order valence-electron chi connectivity index (χ2n) is 5.00. The van der Waals surface area contributed by atoms with E-state index in [1.807, 2.05) is 34.9 Å². The molecule has 130 valence electrons. The quantitative estimate of drug-likeness (QED) is 0.617. The van der Waals surface area contributed by atoms with Crippen molar-refractivity contribution in [3.63, 3.8) is 0 Å². The van der Waals surface area contributed by atoms with Crippen molar-refractivity contribution in [3.8, 4) is 5.69 Å². The molecule has 0 aliphatic heterocycles. The Morgan fingerprint density at radius 1 is 1.24 bits per heavy atom. The Morgan fingerprint density at radius 2 is 1.84 bits per heavy atom. The summed E-state index contributed by atoms with van der Waals surface area (Å²) < 4.78 is 15.3. The molecule has 2 aromatic carbocycles. The smallest absolute Gasteiger partial charge is 0.300 e. The number of carboxylic acid groups (broad SMARTS) is 1. The lowest BCUT2D eigenvalue weighted by Crippen LogP contribution is -2.07. The molecule has 8 heteroatoms. The Morgan fingerprint density at radius 3 is 2.44 bits per heavy atom. The molecule has 0 bridgehead atoms. The number of hydrogen-bond acceptors (Lipinski definition) is 4. The van der Waals surface area contributed by atoms with Crippen LogP contribution in [-0.2, 0) is 11.3 Å². The molecule has 0 spiro atoms. The SMILES string of the molecule is CC(=O)O.Fc1ccc(NCc2n[nH]c(=S)n2-c2ccccc2)cc1. The topological polar surface area (TPSA) is 82.9 Å². The maximum atomic E-state index is 12.9. The van der Waals surface area contributed by atoms with Crippen LogP contribution in [0, 0.1) is 10.6 Å². The van der Waals surface area contributed by atoms with Gasteiger partial charge in [-0.25, -0.2) is 4.39 Å². The number of hydrogen-bond donors (Lipinski definition) is 3. The number of benzene rings is 2. The number of halogens is 1. The summed E-state index contributed by atoms with van der Waals surface area (Å²) in [6, 6.07) is 16.0. The lowest BCUT2D eigenvalue weighted by atomic mass is 10.3. The second-order valence-corrected chi connectivity index (χ2v) is 5.38. The average Bonchev–Trinajstić information content (AvgIpc) is 2.95. The van der Waals surface area contributed by atoms with Crippen LogP contribution in [0.1, 0.15) is 12.7 Å². The highest BCUT2D eigenvalue weighted by Gasteiger charge is 2.07. The first-order valence-corrected chi connectivity index (χ1v) is 7.79. The molecule has 0 atom stereocenters. The van der Waals surface area contributed by atoms with Gasteiger partial charge in [0.2, 0.25) is 0 Å². The molecule has 0 aliphatic carbocycles. The molecular formula is C17H17FN4O2S. The van der Waals surface area contributed by atoms with Crippen LogP contribution in [-0.4, -0.2) is 25.8 Å². The molecule has 1 heterocycles. The molecule has 0 unspecified atom stereocenters. The van der Waals surface area contributed by atoms with Crippen molar-refractivity contribution in [2.75, 3.05) is 5.32 Å². The third-order valence-corrected chi connectivity index (χ3v) is 3.32. The maximum Gasteiger partial charge on any atom is 0.300 e. The minimum absolute atomic E-state index is 0.257. The van der Waals surface area contributed by atoms with Crippen LogP contribution in [0.4, 0.5) is 10.1 Å². The minimum Gasteiger partial charge on any atom is -0.481 e. The Bertz CT molecular complexity index is 872. The van der Waals surface area contributed by atoms with Gasteiger partial charge in [0.1, 0.15) is 5.82 Å². The largest absolute Gasteiger partial charge is 0.481 e. The molecule has 0 fully saturated rings. The van der Waals surface area contributed by atoms with Crippen molar-refractivity contribution in [1.29, 1.82) is 0 Å². The Balaban J connectivity index is 0.000000511. The zero-order valence-electron chi connectivity index (χ0n) is 13.4. The summed E-state index contributed by atoms with van der Waals surface area (Å²) in [5.74, 6) is -0.331. The molecule has 6 nitrogen and oxygen atoms in total. The second kappa shape index (κ2) is 8.74. The first-order valence-electron chi connectivity index (χ1n) is 7.38. The van der Waals surface area contributed by atoms with Crippen LogP contribution >= 0.6 is 12.2 Å². The van der Waals surface area contributed by atoms with Crippen molar-refractivity contribution >= 4 is 23.9 Å². The molecule has 0 amide bonds. The number of aliphatic carboxylic acids is 1. The van der Waals surface area contributed by atoms with Gasteiger partial charge < -0.3 is 10.4 Å². The highest BCUT2D eigenvalue weighted by atomic mass is 32.1. The van der Waals surface area contributed by atoms with Crippen molar-refractivity contribution in [2.24, 2.45) is 0 Å². The van der Waals surface area contributed by atoms with Gasteiger partial charge in [-0.15, -0.1) is 0 Å². The number of nitrogens with one attached hydrogen (secondary N) is 2. The fourth-order valence-corrected chi connectivity index (χ4v) is 2.30. The van der Waals surface area contributed by atoms with Crippen LogP contribution in [0.25, 0.3) is 5.69 Å². The zero-order chi connectivity index (χ0) is 18.2. The summed E-state index contributed by atoms with van der Waals surface area (Å²) in [5, 5.41) is 17.6. The highest BCUT2D eigenvalue weighted by Crippen LogP contribution is 2.13. The molecular weight excluding hydrogens is 343 g/mol. The monoisotopic (exact) mass is 360 g/mol. The van der Waals surface area contributed by atoms with Crippen molar-refractivity contribution < 1.29 is 14.3 Å². The van der Waals surface area contributed by atoms with E-state index in [4.69, 9.17) is 22.1 Å². The predicted octanol–water partition coefficient (Wildman–Crippen LogP) is 3.77. The highest BCUT2D eigenvalue weighted by molar-refractivity contribution is 7.71. The van der Waals surface area contributed by atoms with Crippen LogP contribution in [0.15, 0.2) is 54.6 Å². The molecule has 3 N–H and O–H groups in total. The summed E-state index contributed by atoms with van der Waals surface area (Å²) in [4.78, 5) is 9.00. The molecule has 25 heavy (non-hydrogen) atoms. The van der Waals surface area contributed by atoms with Crippen molar-refractivity contribution in [1.82, 2.24) is 14.8 Å². The van der Waals surface area contributed by atoms with Gasteiger partial charge in [0.15, 0.2) is 10.6 Å². The zero-order valence-corrected chi connectivity index (χ0v) is 14.3. The lowest BCUT2D eigenvalue weighted by molar-refractivity contribution is -0.134. The van der Waals surface area contributed by atoms with E-state index in [2.05, 4.69) is 15.5 Å². The van der Waals surface area contributed by atoms with E-state index in [-0.39, 0.29) is 5.82 Å². The van der Waals surface area contributed by atoms with Crippen molar-refractivity contribution in [3.05, 3.63) is 71.0 Å². The average molecular weight is 360 g/mol. The normalized spacial score (nSPS) is 9.84. The van der Waals surface area contributed by atoms with E-state index in [1.54, 1.807) is 12.1 Å². The van der Waals surface area contributed by atoms with Gasteiger partial charge in [0.05, 0.1) is 6.54 Å². The van der Waals surface area contributed by atoms with Crippen LogP contribution in [0.5, 0.6) is 0 Å². The van der Waals surface area contributed by atoms with Gasteiger partial charge in [-0.3, -0.25) is 14.5 Å². The Kier molecular flexibility index (Phi) is 6.41. The lowest BCUT2D eigenvalue weighted by Gasteiger charge is -2.08. The van der Waals surface area contributed by atoms with Gasteiger partial charge in [-0.2, -0.15) is 5.10 Å². The summed E-state index contributed by atoms with van der Waals surface area (Å²) in [6.07, 6.45) is 0. The number of rotatable bonds is 4.